The SMILES string of the molecule is C=CCOc1ccc(C(=O)Oc2ccc(NS(C)(=O)=O)cc2)cc1OC. The highest BCUT2D eigenvalue weighted by molar-refractivity contribution is 7.92. The molecule has 0 radical (unpaired) electrons. The lowest BCUT2D eigenvalue weighted by molar-refractivity contribution is 0.0734. The minimum Gasteiger partial charge on any atom is -0.493 e. The van der Waals surface area contributed by atoms with Crippen LogP contribution in [0.4, 0.5) is 5.69 Å². The van der Waals surface area contributed by atoms with Crippen molar-refractivity contribution in [2.75, 3.05) is 24.7 Å². The molecule has 1 N–H and O–H groups in total. The molecule has 0 atom stereocenters. The number of anilines is 1. The third-order valence-electron chi connectivity index (χ3n) is 3.12. The van der Waals surface area contributed by atoms with Gasteiger partial charge in [-0.3, -0.25) is 4.72 Å². The van der Waals surface area contributed by atoms with E-state index >= 15 is 0 Å². The first-order valence-electron chi connectivity index (χ1n) is 7.54. The van der Waals surface area contributed by atoms with E-state index in [0.717, 1.165) is 6.26 Å². The number of nitrogens with one attached hydrogen (secondary N) is 1. The van der Waals surface area contributed by atoms with Gasteiger partial charge in [-0.25, -0.2) is 13.2 Å². The van der Waals surface area contributed by atoms with Crippen LogP contribution in [0.15, 0.2) is 55.1 Å². The number of methoxy groups -OCH3 is 1. The van der Waals surface area contributed by atoms with Crippen molar-refractivity contribution in [2.24, 2.45) is 0 Å². The van der Waals surface area contributed by atoms with Gasteiger partial charge in [-0.2, -0.15) is 0 Å². The summed E-state index contributed by atoms with van der Waals surface area (Å²) in [4.78, 5) is 12.3. The Bertz CT molecular complexity index is 890. The maximum absolute atomic E-state index is 12.3. The van der Waals surface area contributed by atoms with Crippen molar-refractivity contribution >= 4 is 21.7 Å². The Balaban J connectivity index is 2.10. The predicted octanol–water partition coefficient (Wildman–Crippen LogP) is 2.85. The number of carbonyl (C=O) groups is 1. The molecule has 0 heterocycles. The van der Waals surface area contributed by atoms with Crippen LogP contribution in [0.2, 0.25) is 0 Å². The molecule has 0 aromatic heterocycles. The lowest BCUT2D eigenvalue weighted by Gasteiger charge is -2.11. The molecule has 0 saturated carbocycles. The maximum atomic E-state index is 12.3. The second-order valence-electron chi connectivity index (χ2n) is 5.25. The van der Waals surface area contributed by atoms with Crippen LogP contribution < -0.4 is 18.9 Å². The molecule has 0 fully saturated rings. The summed E-state index contributed by atoms with van der Waals surface area (Å²) >= 11 is 0. The summed E-state index contributed by atoms with van der Waals surface area (Å²) in [6.45, 7) is 3.89. The van der Waals surface area contributed by atoms with Gasteiger partial charge in [0.15, 0.2) is 11.5 Å². The molecule has 0 aliphatic carbocycles. The zero-order chi connectivity index (χ0) is 19.2. The molecule has 0 unspecified atom stereocenters. The molecule has 2 aromatic carbocycles. The third-order valence-corrected chi connectivity index (χ3v) is 3.73. The van der Waals surface area contributed by atoms with Gasteiger partial charge in [-0.15, -0.1) is 0 Å². The van der Waals surface area contributed by atoms with Crippen LogP contribution >= 0.6 is 0 Å². The zero-order valence-electron chi connectivity index (χ0n) is 14.4. The number of esters is 1. The minimum atomic E-state index is -3.36. The van der Waals surface area contributed by atoms with Crippen LogP contribution in [-0.2, 0) is 10.0 Å². The van der Waals surface area contributed by atoms with Gasteiger partial charge in [-0.05, 0) is 42.5 Å². The average Bonchev–Trinajstić information content (AvgIpc) is 2.60. The molecule has 0 bridgehead atoms. The van der Waals surface area contributed by atoms with Crippen LogP contribution in [0.5, 0.6) is 17.2 Å². The lowest BCUT2D eigenvalue weighted by atomic mass is 10.2. The molecule has 0 spiro atoms. The van der Waals surface area contributed by atoms with Gasteiger partial charge in [-0.1, -0.05) is 12.7 Å². The highest BCUT2D eigenvalue weighted by atomic mass is 32.2. The fourth-order valence-corrected chi connectivity index (χ4v) is 2.60. The molecule has 7 nitrogen and oxygen atoms in total. The van der Waals surface area contributed by atoms with E-state index in [2.05, 4.69) is 11.3 Å². The Morgan fingerprint density at radius 2 is 1.85 bits per heavy atom. The van der Waals surface area contributed by atoms with Crippen molar-refractivity contribution < 1.29 is 27.4 Å². The number of rotatable bonds is 8. The Morgan fingerprint density at radius 3 is 2.42 bits per heavy atom. The zero-order valence-corrected chi connectivity index (χ0v) is 15.2. The Kier molecular flexibility index (Phi) is 6.24. The fraction of sp³-hybridized carbons (Fsp3) is 0.167. The van der Waals surface area contributed by atoms with Crippen molar-refractivity contribution in [3.05, 3.63) is 60.7 Å². The number of sulfonamides is 1. The number of hydrogen-bond acceptors (Lipinski definition) is 6. The number of benzene rings is 2. The van der Waals surface area contributed by atoms with E-state index in [0.29, 0.717) is 23.8 Å². The van der Waals surface area contributed by atoms with E-state index in [1.165, 1.54) is 37.4 Å². The van der Waals surface area contributed by atoms with Gasteiger partial charge >= 0.3 is 5.97 Å². The van der Waals surface area contributed by atoms with E-state index < -0.39 is 16.0 Å². The van der Waals surface area contributed by atoms with Crippen LogP contribution in [0.1, 0.15) is 10.4 Å². The number of hydrogen-bond donors (Lipinski definition) is 1. The van der Waals surface area contributed by atoms with Gasteiger partial charge in [0.2, 0.25) is 10.0 Å². The summed E-state index contributed by atoms with van der Waals surface area (Å²) in [7, 11) is -1.89. The monoisotopic (exact) mass is 377 g/mol. The highest BCUT2D eigenvalue weighted by Crippen LogP contribution is 2.28. The molecule has 138 valence electrons. The Morgan fingerprint density at radius 1 is 1.15 bits per heavy atom. The molecular weight excluding hydrogens is 358 g/mol. The summed E-state index contributed by atoms with van der Waals surface area (Å²) in [5.74, 6) is 0.580. The van der Waals surface area contributed by atoms with Gasteiger partial charge in [0.05, 0.1) is 18.9 Å². The number of ether oxygens (including phenoxy) is 3. The van der Waals surface area contributed by atoms with Crippen molar-refractivity contribution in [1.82, 2.24) is 0 Å². The molecule has 2 rings (SSSR count). The largest absolute Gasteiger partial charge is 0.493 e. The van der Waals surface area contributed by atoms with Crippen LogP contribution in [-0.4, -0.2) is 34.4 Å². The lowest BCUT2D eigenvalue weighted by Crippen LogP contribution is -2.10. The molecule has 26 heavy (non-hydrogen) atoms. The smallest absolute Gasteiger partial charge is 0.343 e. The van der Waals surface area contributed by atoms with Crippen LogP contribution in [0.25, 0.3) is 0 Å². The van der Waals surface area contributed by atoms with E-state index in [4.69, 9.17) is 14.2 Å². The first-order chi connectivity index (χ1) is 12.3. The molecule has 0 amide bonds. The normalized spacial score (nSPS) is 10.7. The maximum Gasteiger partial charge on any atom is 0.343 e. The summed E-state index contributed by atoms with van der Waals surface area (Å²) in [6.07, 6.45) is 2.65. The standard InChI is InChI=1S/C18H19NO6S/c1-4-11-24-16-10-5-13(12-17(16)23-2)18(20)25-15-8-6-14(7-9-15)19-26(3,21)22/h4-10,12,19H,1,11H2,2-3H3. The van der Waals surface area contributed by atoms with Crippen molar-refractivity contribution in [2.45, 2.75) is 0 Å². The van der Waals surface area contributed by atoms with Crippen LogP contribution in [0, 0.1) is 0 Å². The molecule has 0 aliphatic rings. The van der Waals surface area contributed by atoms with Crippen molar-refractivity contribution in [3.8, 4) is 17.2 Å². The highest BCUT2D eigenvalue weighted by Gasteiger charge is 2.13. The Labute approximate surface area is 152 Å². The molecule has 2 aromatic rings. The molecule has 8 heteroatoms. The van der Waals surface area contributed by atoms with Gasteiger partial charge < -0.3 is 14.2 Å². The summed E-state index contributed by atoms with van der Waals surface area (Å²) in [5, 5.41) is 0. The summed E-state index contributed by atoms with van der Waals surface area (Å²) in [5.41, 5.74) is 0.656. The quantitative estimate of drug-likeness (QED) is 0.432. The second kappa shape index (κ2) is 8.39. The first-order valence-corrected chi connectivity index (χ1v) is 9.43. The fourth-order valence-electron chi connectivity index (χ4n) is 2.03. The summed E-state index contributed by atoms with van der Waals surface area (Å²) in [6, 6.07) is 10.7. The van der Waals surface area contributed by atoms with E-state index in [-0.39, 0.29) is 11.3 Å². The van der Waals surface area contributed by atoms with E-state index in [9.17, 15) is 13.2 Å². The van der Waals surface area contributed by atoms with Gasteiger partial charge in [0.25, 0.3) is 0 Å². The third kappa shape index (κ3) is 5.52. The van der Waals surface area contributed by atoms with Crippen molar-refractivity contribution in [3.63, 3.8) is 0 Å². The second-order valence-corrected chi connectivity index (χ2v) is 7.00. The van der Waals surface area contributed by atoms with Crippen LogP contribution in [0.3, 0.4) is 0 Å². The van der Waals surface area contributed by atoms with E-state index in [1.54, 1.807) is 18.2 Å². The first kappa shape index (κ1) is 19.3. The van der Waals surface area contributed by atoms with Gasteiger partial charge in [0.1, 0.15) is 12.4 Å². The molecule has 0 aliphatic heterocycles. The van der Waals surface area contributed by atoms with Gasteiger partial charge in [0, 0.05) is 5.69 Å². The molecular formula is C18H19NO6S. The van der Waals surface area contributed by atoms with E-state index in [1.807, 2.05) is 0 Å². The average molecular weight is 377 g/mol. The van der Waals surface area contributed by atoms with Crippen molar-refractivity contribution in [1.29, 1.82) is 0 Å². The number of carbonyl (C=O) groups excluding carboxylic acids is 1. The summed E-state index contributed by atoms with van der Waals surface area (Å²) < 4.78 is 40.6. The predicted molar refractivity (Wildman–Crippen MR) is 98.6 cm³/mol. The molecule has 0 saturated heterocycles. The minimum absolute atomic E-state index is 0.278. The topological polar surface area (TPSA) is 90.9 Å². The Hall–Kier alpha value is -3.00.